The van der Waals surface area contributed by atoms with Crippen LogP contribution in [0.15, 0.2) is 0 Å². The van der Waals surface area contributed by atoms with E-state index < -0.39 is 46.4 Å². The summed E-state index contributed by atoms with van der Waals surface area (Å²) in [5, 5.41) is 2.15. The number of nitrogens with one attached hydrogen (secondary N) is 1. The third-order valence-corrected chi connectivity index (χ3v) is 3.51. The van der Waals surface area contributed by atoms with Crippen LogP contribution in [0.1, 0.15) is 13.3 Å². The lowest BCUT2D eigenvalue weighted by atomic mass is 10.2. The van der Waals surface area contributed by atoms with Crippen molar-refractivity contribution < 1.29 is 36.5 Å². The Labute approximate surface area is 116 Å². The molecule has 9 nitrogen and oxygen atoms in total. The summed E-state index contributed by atoms with van der Waals surface area (Å²) in [6.07, 6.45) is -1.18. The molecule has 2 unspecified atom stereocenters. The first kappa shape index (κ1) is 18.3. The molecule has 0 aliphatic rings. The molecule has 20 heavy (non-hydrogen) atoms. The van der Waals surface area contributed by atoms with E-state index in [2.05, 4.69) is 14.2 Å². The van der Waals surface area contributed by atoms with E-state index in [1.807, 2.05) is 0 Å². The fourth-order valence-corrected chi connectivity index (χ4v) is 1.80. The maximum atomic E-state index is 11.4. The predicted octanol–water partition coefficient (Wildman–Crippen LogP) is -1.43. The smallest absolute Gasteiger partial charge is 0.332 e. The van der Waals surface area contributed by atoms with Crippen LogP contribution in [0.2, 0.25) is 0 Å². The van der Waals surface area contributed by atoms with Crippen LogP contribution in [0.4, 0.5) is 0 Å². The van der Waals surface area contributed by atoms with E-state index in [1.165, 1.54) is 6.92 Å². The normalized spacial score (nSPS) is 13.9. The summed E-state index contributed by atoms with van der Waals surface area (Å²) in [6, 6.07) is -1.17. The molecule has 0 bridgehead atoms. The van der Waals surface area contributed by atoms with Gasteiger partial charge in [-0.2, -0.15) is 8.42 Å². The second kappa shape index (κ2) is 8.48. The Morgan fingerprint density at radius 2 is 1.90 bits per heavy atom. The van der Waals surface area contributed by atoms with E-state index in [-0.39, 0.29) is 6.41 Å². The van der Waals surface area contributed by atoms with Crippen LogP contribution in [-0.2, 0) is 38.2 Å². The van der Waals surface area contributed by atoms with E-state index >= 15 is 0 Å². The maximum absolute atomic E-state index is 11.4. The highest BCUT2D eigenvalue weighted by Gasteiger charge is 2.28. The van der Waals surface area contributed by atoms with Crippen LogP contribution >= 0.6 is 0 Å². The fourth-order valence-electron chi connectivity index (χ4n) is 1.22. The van der Waals surface area contributed by atoms with Crippen LogP contribution in [0.3, 0.4) is 0 Å². The van der Waals surface area contributed by atoms with Gasteiger partial charge in [0.05, 0.1) is 26.4 Å². The number of methoxy groups -OCH3 is 1. The Kier molecular flexibility index (Phi) is 7.77. The fraction of sp³-hybridized carbons (Fsp3) is 0.700. The molecular formula is C10H17NO8S. The average Bonchev–Trinajstić information content (AvgIpc) is 2.41. The van der Waals surface area contributed by atoms with Gasteiger partial charge in [0.15, 0.2) is 6.04 Å². The average molecular weight is 311 g/mol. The standard InChI is InChI=1S/C10H17NO8S/c1-7(9(11-6-12)10(14)17-2)19-8(13)4-5-20(15,16)18-3/h6-7,9H,4-5H2,1-3H3,(H,11,12). The molecule has 0 aliphatic heterocycles. The van der Waals surface area contributed by atoms with Crippen LogP contribution in [0.25, 0.3) is 0 Å². The van der Waals surface area contributed by atoms with Crippen molar-refractivity contribution in [2.45, 2.75) is 25.5 Å². The molecule has 10 heteroatoms. The van der Waals surface area contributed by atoms with Gasteiger partial charge in [0, 0.05) is 0 Å². The highest BCUT2D eigenvalue weighted by molar-refractivity contribution is 7.86. The Morgan fingerprint density at radius 1 is 1.30 bits per heavy atom. The first-order chi connectivity index (χ1) is 9.27. The van der Waals surface area contributed by atoms with Gasteiger partial charge in [-0.25, -0.2) is 4.79 Å². The quantitative estimate of drug-likeness (QED) is 0.312. The minimum absolute atomic E-state index is 0.265. The van der Waals surface area contributed by atoms with Crippen LogP contribution < -0.4 is 5.32 Å². The van der Waals surface area contributed by atoms with E-state index in [0.717, 1.165) is 14.2 Å². The number of amides is 1. The topological polar surface area (TPSA) is 125 Å². The lowest BCUT2D eigenvalue weighted by molar-refractivity contribution is -0.156. The van der Waals surface area contributed by atoms with Crippen LogP contribution in [0.5, 0.6) is 0 Å². The molecular weight excluding hydrogens is 294 g/mol. The molecule has 0 saturated carbocycles. The van der Waals surface area contributed by atoms with E-state index in [4.69, 9.17) is 4.74 Å². The maximum Gasteiger partial charge on any atom is 0.332 e. The van der Waals surface area contributed by atoms with Gasteiger partial charge in [-0.15, -0.1) is 0 Å². The zero-order chi connectivity index (χ0) is 15.8. The third kappa shape index (κ3) is 6.48. The minimum atomic E-state index is -3.77. The van der Waals surface area contributed by atoms with Gasteiger partial charge >= 0.3 is 11.9 Å². The summed E-state index contributed by atoms with van der Waals surface area (Å²) in [7, 11) is -1.68. The van der Waals surface area contributed by atoms with Gasteiger partial charge in [-0.3, -0.25) is 13.8 Å². The van der Waals surface area contributed by atoms with E-state index in [0.29, 0.717) is 0 Å². The number of hydrogen-bond donors (Lipinski definition) is 1. The highest BCUT2D eigenvalue weighted by atomic mass is 32.2. The predicted molar refractivity (Wildman–Crippen MR) is 66.0 cm³/mol. The summed E-state index contributed by atoms with van der Waals surface area (Å²) < 4.78 is 35.5. The van der Waals surface area contributed by atoms with Crippen molar-refractivity contribution >= 4 is 28.5 Å². The molecule has 0 spiro atoms. The van der Waals surface area contributed by atoms with Gasteiger partial charge in [-0.05, 0) is 6.92 Å². The van der Waals surface area contributed by atoms with Crippen molar-refractivity contribution in [2.75, 3.05) is 20.0 Å². The minimum Gasteiger partial charge on any atom is -0.467 e. The molecule has 0 aliphatic carbocycles. The molecule has 116 valence electrons. The molecule has 0 rings (SSSR count). The molecule has 0 aromatic rings. The lowest BCUT2D eigenvalue weighted by Gasteiger charge is -2.21. The zero-order valence-corrected chi connectivity index (χ0v) is 12.1. The van der Waals surface area contributed by atoms with Crippen molar-refractivity contribution in [3.05, 3.63) is 0 Å². The van der Waals surface area contributed by atoms with E-state index in [9.17, 15) is 22.8 Å². The Balaban J connectivity index is 4.48. The molecule has 1 amide bonds. The number of ether oxygens (including phenoxy) is 2. The molecule has 1 N–H and O–H groups in total. The van der Waals surface area contributed by atoms with Crippen molar-refractivity contribution in [1.82, 2.24) is 5.32 Å². The van der Waals surface area contributed by atoms with Crippen molar-refractivity contribution in [3.8, 4) is 0 Å². The Hall–Kier alpha value is -1.68. The zero-order valence-electron chi connectivity index (χ0n) is 11.3. The Bertz CT molecular complexity index is 446. The molecule has 0 fully saturated rings. The van der Waals surface area contributed by atoms with Crippen LogP contribution in [-0.4, -0.2) is 58.9 Å². The molecule has 0 aromatic heterocycles. The first-order valence-electron chi connectivity index (χ1n) is 5.52. The molecule has 0 radical (unpaired) electrons. The van der Waals surface area contributed by atoms with Crippen molar-refractivity contribution in [2.24, 2.45) is 0 Å². The van der Waals surface area contributed by atoms with Gasteiger partial charge in [0.2, 0.25) is 6.41 Å². The second-order valence-corrected chi connectivity index (χ2v) is 5.52. The molecule has 2 atom stereocenters. The van der Waals surface area contributed by atoms with Gasteiger partial charge in [-0.1, -0.05) is 0 Å². The summed E-state index contributed by atoms with van der Waals surface area (Å²) in [5.74, 6) is -2.18. The molecule has 0 heterocycles. The van der Waals surface area contributed by atoms with Gasteiger partial charge in [0.25, 0.3) is 10.1 Å². The summed E-state index contributed by atoms with van der Waals surface area (Å²) in [5.41, 5.74) is 0. The SMILES string of the molecule is COC(=O)C(NC=O)C(C)OC(=O)CCS(=O)(=O)OC. The van der Waals surface area contributed by atoms with Crippen molar-refractivity contribution in [3.63, 3.8) is 0 Å². The second-order valence-electron chi connectivity index (χ2n) is 3.66. The largest absolute Gasteiger partial charge is 0.467 e. The molecule has 0 saturated heterocycles. The number of carbonyl (C=O) groups excluding carboxylic acids is 3. The first-order valence-corrected chi connectivity index (χ1v) is 7.10. The monoisotopic (exact) mass is 311 g/mol. The molecule has 0 aromatic carbocycles. The number of rotatable bonds is 9. The highest BCUT2D eigenvalue weighted by Crippen LogP contribution is 2.04. The summed E-state index contributed by atoms with van der Waals surface area (Å²) in [4.78, 5) is 33.1. The van der Waals surface area contributed by atoms with Crippen molar-refractivity contribution in [1.29, 1.82) is 0 Å². The third-order valence-electron chi connectivity index (χ3n) is 2.30. The van der Waals surface area contributed by atoms with Gasteiger partial charge < -0.3 is 14.8 Å². The van der Waals surface area contributed by atoms with E-state index in [1.54, 1.807) is 0 Å². The number of carbonyl (C=O) groups is 3. The summed E-state index contributed by atoms with van der Waals surface area (Å²) >= 11 is 0. The number of esters is 2. The summed E-state index contributed by atoms with van der Waals surface area (Å²) in [6.45, 7) is 1.36. The van der Waals surface area contributed by atoms with Crippen LogP contribution in [0, 0.1) is 0 Å². The lowest BCUT2D eigenvalue weighted by Crippen LogP contribution is -2.46. The van der Waals surface area contributed by atoms with Gasteiger partial charge in [0.1, 0.15) is 6.10 Å². The number of hydrogen-bond acceptors (Lipinski definition) is 8. The Morgan fingerprint density at radius 3 is 2.35 bits per heavy atom.